The lowest BCUT2D eigenvalue weighted by atomic mass is 9.45. The van der Waals surface area contributed by atoms with Gasteiger partial charge in [-0.15, -0.1) is 0 Å². The highest BCUT2D eigenvalue weighted by atomic mass is 14.6. The summed E-state index contributed by atoms with van der Waals surface area (Å²) < 4.78 is 0. The van der Waals surface area contributed by atoms with Crippen LogP contribution in [0.5, 0.6) is 0 Å². The maximum atomic E-state index is 2.58. The molecule has 0 saturated heterocycles. The first kappa shape index (κ1) is 62.3. The van der Waals surface area contributed by atoms with Gasteiger partial charge in [-0.2, -0.15) is 0 Å². The van der Waals surface area contributed by atoms with E-state index in [2.05, 4.69) is 138 Å². The molecule has 0 aromatic rings. The lowest BCUT2D eigenvalue weighted by Crippen LogP contribution is -2.51. The standard InChI is InChI=1S/C13H22.C12H20.C9H18.2C8H16.C7H14.C6H14.C5H12/c1-3-13(2)11-5-9-4-10(7-11)8-12(13)6-9;1-12(2)10-4-8-3-9(6-10)7-11(12)5-8;1-3-9(2)7-5-4-6-8-9;1-8(2)6-4-3-5-7-8;1-3-8(2)6-4-5-7-8;1-7(2)5-3-4-6-7;1-5-6(2,3)4;1-5(2,3)4/h9-12H,3-8H2,1-2H3;8-11H,3-7H2,1-2H3;3-8H2,1-2H3;2*3-7H2,1-2H3;3-6H2,1-2H3;5H2,1-4H3;1-4H3. The monoisotopic (exact) mass is 949 g/mol. The van der Waals surface area contributed by atoms with Gasteiger partial charge in [0.2, 0.25) is 0 Å². The second-order valence-electron chi connectivity index (χ2n) is 32.4. The van der Waals surface area contributed by atoms with E-state index in [1.54, 1.807) is 64.2 Å². The second-order valence-corrected chi connectivity index (χ2v) is 32.4. The average molecular weight is 950 g/mol. The van der Waals surface area contributed by atoms with Crippen LogP contribution in [-0.2, 0) is 0 Å². The number of rotatable bonds is 3. The Kier molecular flexibility index (Phi) is 24.7. The van der Waals surface area contributed by atoms with Crippen molar-refractivity contribution in [3.05, 3.63) is 0 Å². The van der Waals surface area contributed by atoms with Gasteiger partial charge in [0, 0.05) is 0 Å². The zero-order valence-corrected chi connectivity index (χ0v) is 51.2. The molecule has 0 N–H and O–H groups in total. The predicted octanol–water partition coefficient (Wildman–Crippen LogP) is 23.7. The fourth-order valence-corrected chi connectivity index (χ4v) is 15.4. The van der Waals surface area contributed by atoms with Gasteiger partial charge in [-0.25, -0.2) is 0 Å². The van der Waals surface area contributed by atoms with Crippen LogP contribution in [0.15, 0.2) is 0 Å². The van der Waals surface area contributed by atoms with E-state index in [1.807, 2.05) is 0 Å². The molecular weight excluding hydrogens is 817 g/mol. The average Bonchev–Trinajstić information content (AvgIpc) is 3.89. The first-order chi connectivity index (χ1) is 31.4. The molecule has 0 aromatic heterocycles. The van der Waals surface area contributed by atoms with E-state index < -0.39 is 0 Å². The van der Waals surface area contributed by atoms with Gasteiger partial charge in [0.15, 0.2) is 0 Å². The van der Waals surface area contributed by atoms with Crippen LogP contribution in [-0.4, -0.2) is 0 Å². The Hall–Kier alpha value is 0. The van der Waals surface area contributed by atoms with Gasteiger partial charge in [-0.3, -0.25) is 0 Å². The normalized spacial score (nSPS) is 35.5. The van der Waals surface area contributed by atoms with Gasteiger partial charge < -0.3 is 0 Å². The molecule has 404 valence electrons. The first-order valence-electron chi connectivity index (χ1n) is 31.4. The molecule has 8 bridgehead atoms. The van der Waals surface area contributed by atoms with Crippen LogP contribution in [0, 0.1) is 90.7 Å². The Bertz CT molecular complexity index is 1260. The summed E-state index contributed by atoms with van der Waals surface area (Å²) in [6.07, 6.45) is 47.7. The molecule has 0 radical (unpaired) electrons. The summed E-state index contributed by atoms with van der Waals surface area (Å²) >= 11 is 0. The van der Waals surface area contributed by atoms with Crippen molar-refractivity contribution in [2.24, 2.45) is 90.7 Å². The zero-order chi connectivity index (χ0) is 51.2. The van der Waals surface area contributed by atoms with E-state index in [0.717, 1.165) is 63.6 Å². The minimum Gasteiger partial charge on any atom is -0.0649 e. The molecule has 0 aliphatic heterocycles. The molecule has 68 heavy (non-hydrogen) atoms. The van der Waals surface area contributed by atoms with Crippen molar-refractivity contribution in [3.63, 3.8) is 0 Å². The van der Waals surface area contributed by atoms with E-state index >= 15 is 0 Å². The predicted molar refractivity (Wildman–Crippen MR) is 309 cm³/mol. The van der Waals surface area contributed by atoms with Gasteiger partial charge in [0.25, 0.3) is 0 Å². The molecule has 0 atom stereocenters. The van der Waals surface area contributed by atoms with Crippen molar-refractivity contribution in [1.82, 2.24) is 0 Å². The van der Waals surface area contributed by atoms with E-state index in [9.17, 15) is 0 Å². The minimum absolute atomic E-state index is 0.500. The molecule has 0 nitrogen and oxygen atoms in total. The Morgan fingerprint density at radius 1 is 0.324 bits per heavy atom. The Morgan fingerprint density at radius 3 is 0.750 bits per heavy atom. The smallest absolute Gasteiger partial charge is 0.0271 e. The van der Waals surface area contributed by atoms with E-state index in [4.69, 9.17) is 0 Å². The highest BCUT2D eigenvalue weighted by Gasteiger charge is 2.54. The molecule has 0 unspecified atom stereocenters. The molecule has 12 aliphatic carbocycles. The third kappa shape index (κ3) is 21.5. The molecule has 12 aliphatic rings. The summed E-state index contributed by atoms with van der Waals surface area (Å²) in [7, 11) is 0. The molecule has 12 fully saturated rings. The van der Waals surface area contributed by atoms with Gasteiger partial charge in [0.1, 0.15) is 0 Å². The summed E-state index contributed by atoms with van der Waals surface area (Å²) in [6, 6.07) is 0. The van der Waals surface area contributed by atoms with Crippen LogP contribution < -0.4 is 0 Å². The molecule has 12 rings (SSSR count). The fourth-order valence-electron chi connectivity index (χ4n) is 15.4. The highest BCUT2D eigenvalue weighted by Crippen LogP contribution is 2.64. The van der Waals surface area contributed by atoms with Crippen molar-refractivity contribution in [1.29, 1.82) is 0 Å². The number of hydrogen-bond donors (Lipinski definition) is 0. The van der Waals surface area contributed by atoms with Crippen molar-refractivity contribution in [2.45, 2.75) is 344 Å². The Morgan fingerprint density at radius 2 is 0.559 bits per heavy atom. The lowest BCUT2D eigenvalue weighted by Gasteiger charge is -2.60. The van der Waals surface area contributed by atoms with E-state index in [1.165, 1.54) is 141 Å². The van der Waals surface area contributed by atoms with Crippen LogP contribution in [0.2, 0.25) is 0 Å². The SMILES string of the molecule is CC(C)(C)C.CC1(C)C2CC3CC(C2)CC1C3.CC1(C)CCCC1.CC1(C)CCCCC1.CCC(C)(C)C.CCC1(C)C2CC3CC(C2)CC1C3.CCC1(C)CCCC1.CCC1(C)CCCCC1. The Balaban J connectivity index is 0.000000210. The van der Waals surface area contributed by atoms with Crippen LogP contribution in [0.25, 0.3) is 0 Å². The zero-order valence-electron chi connectivity index (χ0n) is 51.2. The third-order valence-electron chi connectivity index (χ3n) is 21.8. The maximum Gasteiger partial charge on any atom is -0.0271 e. The molecule has 0 amide bonds. The molecule has 0 heteroatoms. The van der Waals surface area contributed by atoms with E-state index in [-0.39, 0.29) is 0 Å². The maximum absolute atomic E-state index is 2.58. The molecule has 12 saturated carbocycles. The lowest BCUT2D eigenvalue weighted by molar-refractivity contribution is -0.1000. The summed E-state index contributed by atoms with van der Waals surface area (Å²) in [5.41, 5.74) is 5.32. The van der Waals surface area contributed by atoms with Crippen LogP contribution in [0.3, 0.4) is 0 Å². The van der Waals surface area contributed by atoms with Crippen LogP contribution in [0.1, 0.15) is 344 Å². The van der Waals surface area contributed by atoms with E-state index in [0.29, 0.717) is 27.1 Å². The first-order valence-corrected chi connectivity index (χ1v) is 31.4. The minimum atomic E-state index is 0.500. The molecule has 0 spiro atoms. The summed E-state index contributed by atoms with van der Waals surface area (Å²) in [5, 5.41) is 0. The van der Waals surface area contributed by atoms with Gasteiger partial charge in [0.05, 0.1) is 0 Å². The van der Waals surface area contributed by atoms with Crippen molar-refractivity contribution >= 4 is 0 Å². The van der Waals surface area contributed by atoms with Crippen LogP contribution in [0.4, 0.5) is 0 Å². The summed E-state index contributed by atoms with van der Waals surface area (Å²) in [5.74, 6) is 8.95. The highest BCUT2D eigenvalue weighted by molar-refractivity contribution is 5.04. The van der Waals surface area contributed by atoms with Gasteiger partial charge in [-0.1, -0.05) is 228 Å². The number of hydrogen-bond acceptors (Lipinski definition) is 0. The van der Waals surface area contributed by atoms with Gasteiger partial charge in [-0.05, 0) is 206 Å². The van der Waals surface area contributed by atoms with Crippen molar-refractivity contribution in [3.8, 4) is 0 Å². The molecule has 0 heterocycles. The Labute approximate surface area is 432 Å². The topological polar surface area (TPSA) is 0 Å². The van der Waals surface area contributed by atoms with Crippen molar-refractivity contribution < 1.29 is 0 Å². The molecule has 0 aromatic carbocycles. The fraction of sp³-hybridized carbons (Fsp3) is 1.00. The van der Waals surface area contributed by atoms with Gasteiger partial charge >= 0.3 is 0 Å². The van der Waals surface area contributed by atoms with Crippen LogP contribution >= 0.6 is 0 Å². The third-order valence-corrected chi connectivity index (χ3v) is 21.8. The summed E-state index contributed by atoms with van der Waals surface area (Å²) in [4.78, 5) is 0. The summed E-state index contributed by atoms with van der Waals surface area (Å²) in [6.45, 7) is 46.7. The quantitative estimate of drug-likeness (QED) is 0.264. The molecular formula is C68H132. The largest absolute Gasteiger partial charge is 0.0649 e. The second kappa shape index (κ2) is 27.0. The van der Waals surface area contributed by atoms with Crippen molar-refractivity contribution in [2.75, 3.05) is 0 Å².